The fourth-order valence-corrected chi connectivity index (χ4v) is 4.41. The van der Waals surface area contributed by atoms with Crippen LogP contribution in [0.5, 0.6) is 11.5 Å². The molecular weight excluding hydrogens is 402 g/mol. The number of carbonyl (C=O) groups excluding carboxylic acids is 2. The van der Waals surface area contributed by atoms with E-state index in [0.29, 0.717) is 23.7 Å². The molecule has 1 aliphatic rings. The highest BCUT2D eigenvalue weighted by Gasteiger charge is 2.24. The number of likely N-dealkylation sites (tertiary alicyclic amines) is 1. The van der Waals surface area contributed by atoms with Gasteiger partial charge in [0.25, 0.3) is 0 Å². The molecule has 2 N–H and O–H groups in total. The molecule has 1 atom stereocenters. The fraction of sp³-hybridized carbons (Fsp3) is 0.455. The second-order valence-electron chi connectivity index (χ2n) is 7.26. The monoisotopic (exact) mass is 431 g/mol. The van der Waals surface area contributed by atoms with Gasteiger partial charge < -0.3 is 20.1 Å². The number of methoxy groups -OCH3 is 2. The maximum atomic E-state index is 12.5. The van der Waals surface area contributed by atoms with Crippen molar-refractivity contribution >= 4 is 28.8 Å². The van der Waals surface area contributed by atoms with Gasteiger partial charge in [0.1, 0.15) is 0 Å². The van der Waals surface area contributed by atoms with Gasteiger partial charge in [-0.1, -0.05) is 12.8 Å². The molecule has 1 aromatic carbocycles. The van der Waals surface area contributed by atoms with Gasteiger partial charge in [-0.2, -0.15) is 11.3 Å². The molecule has 7 nitrogen and oxygen atoms in total. The normalized spacial score (nSPS) is 15.7. The van der Waals surface area contributed by atoms with Gasteiger partial charge in [-0.05, 0) is 60.5 Å². The van der Waals surface area contributed by atoms with E-state index in [2.05, 4.69) is 27.0 Å². The van der Waals surface area contributed by atoms with Crippen molar-refractivity contribution in [2.24, 2.45) is 0 Å². The van der Waals surface area contributed by atoms with Gasteiger partial charge >= 0.3 is 11.8 Å². The molecule has 0 unspecified atom stereocenters. The van der Waals surface area contributed by atoms with Crippen LogP contribution < -0.4 is 20.1 Å². The quantitative estimate of drug-likeness (QED) is 0.657. The second-order valence-corrected chi connectivity index (χ2v) is 8.04. The van der Waals surface area contributed by atoms with E-state index in [-0.39, 0.29) is 6.04 Å². The lowest BCUT2D eigenvalue weighted by atomic mass is 10.1. The Hall–Kier alpha value is -2.58. The third-order valence-electron chi connectivity index (χ3n) is 5.31. The molecule has 1 saturated heterocycles. The van der Waals surface area contributed by atoms with E-state index in [9.17, 15) is 9.59 Å². The van der Waals surface area contributed by atoms with Crippen LogP contribution in [0.2, 0.25) is 0 Å². The van der Waals surface area contributed by atoms with Crippen LogP contribution in [0, 0.1) is 0 Å². The van der Waals surface area contributed by atoms with Gasteiger partial charge in [-0.15, -0.1) is 0 Å². The van der Waals surface area contributed by atoms with Crippen molar-refractivity contribution in [2.45, 2.75) is 31.7 Å². The minimum atomic E-state index is -0.706. The van der Waals surface area contributed by atoms with E-state index in [4.69, 9.17) is 9.47 Å². The van der Waals surface area contributed by atoms with Crippen LogP contribution in [0.25, 0.3) is 0 Å². The molecule has 0 spiro atoms. The topological polar surface area (TPSA) is 79.9 Å². The molecule has 0 saturated carbocycles. The van der Waals surface area contributed by atoms with Crippen LogP contribution >= 0.6 is 11.3 Å². The Bertz CT molecular complexity index is 833. The lowest BCUT2D eigenvalue weighted by Crippen LogP contribution is -2.42. The van der Waals surface area contributed by atoms with Gasteiger partial charge in [0.15, 0.2) is 11.5 Å². The first-order valence-corrected chi connectivity index (χ1v) is 11.1. The molecule has 2 heterocycles. The van der Waals surface area contributed by atoms with E-state index < -0.39 is 11.8 Å². The number of benzene rings is 1. The number of rotatable bonds is 7. The number of nitrogens with one attached hydrogen (secondary N) is 2. The van der Waals surface area contributed by atoms with Crippen LogP contribution in [0.15, 0.2) is 35.0 Å². The zero-order chi connectivity index (χ0) is 21.3. The first kappa shape index (κ1) is 22.1. The number of ether oxygens (including phenoxy) is 2. The number of anilines is 1. The molecule has 0 aliphatic carbocycles. The molecule has 1 aromatic heterocycles. The Morgan fingerprint density at radius 2 is 1.77 bits per heavy atom. The van der Waals surface area contributed by atoms with Crippen molar-refractivity contribution in [3.63, 3.8) is 0 Å². The first-order chi connectivity index (χ1) is 14.6. The van der Waals surface area contributed by atoms with E-state index >= 15 is 0 Å². The molecule has 30 heavy (non-hydrogen) atoms. The maximum Gasteiger partial charge on any atom is 0.313 e. The van der Waals surface area contributed by atoms with Crippen molar-refractivity contribution in [3.8, 4) is 11.5 Å². The summed E-state index contributed by atoms with van der Waals surface area (Å²) in [7, 11) is 3.06. The van der Waals surface area contributed by atoms with Gasteiger partial charge in [0.2, 0.25) is 0 Å². The molecule has 0 bridgehead atoms. The van der Waals surface area contributed by atoms with Crippen molar-refractivity contribution in [1.82, 2.24) is 10.2 Å². The summed E-state index contributed by atoms with van der Waals surface area (Å²) in [6.07, 6.45) is 4.81. The van der Waals surface area contributed by atoms with Crippen LogP contribution in [0.1, 0.15) is 37.3 Å². The fourth-order valence-electron chi connectivity index (χ4n) is 3.70. The lowest BCUT2D eigenvalue weighted by Gasteiger charge is -2.30. The Balaban J connectivity index is 1.61. The summed E-state index contributed by atoms with van der Waals surface area (Å²) in [4.78, 5) is 27.3. The summed E-state index contributed by atoms with van der Waals surface area (Å²) in [6, 6.07) is 7.13. The minimum Gasteiger partial charge on any atom is -0.493 e. The number of thiophene rings is 1. The van der Waals surface area contributed by atoms with E-state index in [0.717, 1.165) is 25.9 Å². The Labute approximate surface area is 181 Å². The van der Waals surface area contributed by atoms with Crippen LogP contribution in [-0.4, -0.2) is 50.6 Å². The third-order valence-corrected chi connectivity index (χ3v) is 6.01. The third kappa shape index (κ3) is 5.73. The Kier molecular flexibility index (Phi) is 8.10. The molecular formula is C22H29N3O4S. The van der Waals surface area contributed by atoms with E-state index in [1.54, 1.807) is 29.5 Å². The summed E-state index contributed by atoms with van der Waals surface area (Å²) in [5.74, 6) is -0.326. The summed E-state index contributed by atoms with van der Waals surface area (Å²) in [6.45, 7) is 2.41. The summed E-state index contributed by atoms with van der Waals surface area (Å²) in [5.41, 5.74) is 1.65. The molecule has 1 aliphatic heterocycles. The van der Waals surface area contributed by atoms with Crippen LogP contribution in [0.4, 0.5) is 5.69 Å². The molecule has 3 rings (SSSR count). The van der Waals surface area contributed by atoms with Crippen molar-refractivity contribution in [2.75, 3.05) is 39.2 Å². The van der Waals surface area contributed by atoms with Gasteiger partial charge in [0.05, 0.1) is 20.3 Å². The first-order valence-electron chi connectivity index (χ1n) is 10.2. The zero-order valence-corrected chi connectivity index (χ0v) is 18.3. The maximum absolute atomic E-state index is 12.5. The van der Waals surface area contributed by atoms with E-state index in [1.807, 2.05) is 5.38 Å². The van der Waals surface area contributed by atoms with Gasteiger partial charge in [-0.25, -0.2) is 0 Å². The zero-order valence-electron chi connectivity index (χ0n) is 17.5. The highest BCUT2D eigenvalue weighted by Crippen LogP contribution is 2.30. The number of hydrogen-bond donors (Lipinski definition) is 2. The second kappa shape index (κ2) is 11.0. The van der Waals surface area contributed by atoms with E-state index in [1.165, 1.54) is 32.6 Å². The Morgan fingerprint density at radius 3 is 2.40 bits per heavy atom. The molecule has 8 heteroatoms. The van der Waals surface area contributed by atoms with Gasteiger partial charge in [-0.3, -0.25) is 14.5 Å². The highest BCUT2D eigenvalue weighted by molar-refractivity contribution is 7.08. The summed E-state index contributed by atoms with van der Waals surface area (Å²) < 4.78 is 10.4. The van der Waals surface area contributed by atoms with Crippen LogP contribution in [0.3, 0.4) is 0 Å². The van der Waals surface area contributed by atoms with Crippen molar-refractivity contribution in [3.05, 3.63) is 40.6 Å². The summed E-state index contributed by atoms with van der Waals surface area (Å²) in [5, 5.41) is 9.60. The average Bonchev–Trinajstić information content (AvgIpc) is 3.16. The SMILES string of the molecule is COc1ccc(NC(=O)C(=O)NC[C@H](c2ccsc2)N2CCCCCC2)cc1OC. The smallest absolute Gasteiger partial charge is 0.313 e. The summed E-state index contributed by atoms with van der Waals surface area (Å²) >= 11 is 1.65. The molecule has 2 aromatic rings. The number of nitrogens with zero attached hydrogens (tertiary/aromatic N) is 1. The molecule has 0 radical (unpaired) electrons. The van der Waals surface area contributed by atoms with Crippen molar-refractivity contribution < 1.29 is 19.1 Å². The molecule has 1 fully saturated rings. The Morgan fingerprint density at radius 1 is 1.03 bits per heavy atom. The highest BCUT2D eigenvalue weighted by atomic mass is 32.1. The minimum absolute atomic E-state index is 0.0761. The van der Waals surface area contributed by atoms with Crippen molar-refractivity contribution in [1.29, 1.82) is 0 Å². The average molecular weight is 432 g/mol. The predicted molar refractivity (Wildman–Crippen MR) is 118 cm³/mol. The molecule has 162 valence electrons. The number of hydrogen-bond acceptors (Lipinski definition) is 6. The lowest BCUT2D eigenvalue weighted by molar-refractivity contribution is -0.136. The van der Waals surface area contributed by atoms with Crippen LogP contribution in [-0.2, 0) is 9.59 Å². The molecule has 2 amide bonds. The predicted octanol–water partition coefficient (Wildman–Crippen LogP) is 3.44. The standard InChI is InChI=1S/C22H29N3O4S/c1-28-19-8-7-17(13-20(19)29-2)24-22(27)21(26)23-14-18(16-9-12-30-15-16)25-10-5-3-4-6-11-25/h7-9,12-13,15,18H,3-6,10-11,14H2,1-2H3,(H,23,26)(H,24,27)/t18-/m1/s1. The largest absolute Gasteiger partial charge is 0.493 e. The number of amides is 2. The number of carbonyl (C=O) groups is 2. The van der Waals surface area contributed by atoms with Gasteiger partial charge in [0, 0.05) is 18.3 Å².